The lowest BCUT2D eigenvalue weighted by Crippen LogP contribution is -2.00. The highest BCUT2D eigenvalue weighted by molar-refractivity contribution is 5.53. The van der Waals surface area contributed by atoms with Gasteiger partial charge >= 0.3 is 0 Å². The topological polar surface area (TPSA) is 62.7 Å². The molecule has 3 heteroatoms. The summed E-state index contributed by atoms with van der Waals surface area (Å²) in [6, 6.07) is 3.95. The predicted molar refractivity (Wildman–Crippen MR) is 47.5 cm³/mol. The molecule has 0 radical (unpaired) electrons. The van der Waals surface area contributed by atoms with Gasteiger partial charge in [0, 0.05) is 5.69 Å². The monoisotopic (exact) mass is 161 g/mol. The number of hydrogen-bond donors (Lipinski definition) is 1. The highest BCUT2D eigenvalue weighted by atomic mass is 14.8. The third-order valence-electron chi connectivity index (χ3n) is 1.75. The Kier molecular flexibility index (Phi) is 2.29. The molecule has 0 aliphatic rings. The van der Waals surface area contributed by atoms with Crippen molar-refractivity contribution in [3.63, 3.8) is 0 Å². The van der Waals surface area contributed by atoms with E-state index in [2.05, 4.69) is 11.1 Å². The summed E-state index contributed by atoms with van der Waals surface area (Å²) in [6.07, 6.45) is 0.816. The van der Waals surface area contributed by atoms with E-state index in [1.54, 1.807) is 0 Å². The van der Waals surface area contributed by atoms with Crippen LogP contribution in [0, 0.1) is 18.3 Å². The van der Waals surface area contributed by atoms with Gasteiger partial charge in [-0.3, -0.25) is 0 Å². The molecule has 0 aromatic carbocycles. The maximum atomic E-state index is 8.75. The number of nitrogen functional groups attached to an aromatic ring is 1. The van der Waals surface area contributed by atoms with E-state index in [9.17, 15) is 0 Å². The van der Waals surface area contributed by atoms with Gasteiger partial charge in [0.1, 0.15) is 11.9 Å². The number of nitrogens with two attached hydrogens (primary N) is 1. The third kappa shape index (κ3) is 1.37. The Morgan fingerprint density at radius 1 is 1.67 bits per heavy atom. The normalized spacial score (nSPS) is 9.42. The predicted octanol–water partition coefficient (Wildman–Crippen LogP) is 1.41. The summed E-state index contributed by atoms with van der Waals surface area (Å²) >= 11 is 0. The van der Waals surface area contributed by atoms with E-state index < -0.39 is 0 Å². The molecule has 3 nitrogen and oxygen atoms in total. The minimum Gasteiger partial charge on any atom is -0.383 e. The minimum absolute atomic E-state index is 0.342. The van der Waals surface area contributed by atoms with Gasteiger partial charge in [-0.05, 0) is 25.0 Å². The van der Waals surface area contributed by atoms with Gasteiger partial charge in [0.05, 0.1) is 5.56 Å². The molecule has 2 N–H and O–H groups in total. The largest absolute Gasteiger partial charge is 0.383 e. The van der Waals surface area contributed by atoms with Crippen molar-refractivity contribution in [2.75, 3.05) is 5.73 Å². The number of anilines is 1. The standard InChI is InChI=1S/C9H11N3/c1-3-7-4-6(2)12-9(11)8(7)5-10/h4H,3H2,1-2H3,(H2,11,12). The molecule has 0 aliphatic heterocycles. The van der Waals surface area contributed by atoms with Gasteiger partial charge in [-0.25, -0.2) is 4.98 Å². The summed E-state index contributed by atoms with van der Waals surface area (Å²) in [7, 11) is 0. The molecule has 1 heterocycles. The number of nitriles is 1. The van der Waals surface area contributed by atoms with Crippen LogP contribution in [0.15, 0.2) is 6.07 Å². The van der Waals surface area contributed by atoms with Crippen molar-refractivity contribution in [1.29, 1.82) is 5.26 Å². The van der Waals surface area contributed by atoms with Crippen molar-refractivity contribution >= 4 is 5.82 Å². The number of aromatic nitrogens is 1. The van der Waals surface area contributed by atoms with Gasteiger partial charge in [-0.1, -0.05) is 6.92 Å². The Bertz CT molecular complexity index is 336. The van der Waals surface area contributed by atoms with E-state index in [1.165, 1.54) is 0 Å². The molecule has 0 bridgehead atoms. The van der Waals surface area contributed by atoms with E-state index in [-0.39, 0.29) is 0 Å². The van der Waals surface area contributed by atoms with Crippen LogP contribution in [-0.4, -0.2) is 4.98 Å². The molecule has 0 spiro atoms. The molecular weight excluding hydrogens is 150 g/mol. The molecule has 0 atom stereocenters. The maximum absolute atomic E-state index is 8.75. The van der Waals surface area contributed by atoms with Crippen LogP contribution in [0.1, 0.15) is 23.7 Å². The third-order valence-corrected chi connectivity index (χ3v) is 1.75. The number of hydrogen-bond acceptors (Lipinski definition) is 3. The second kappa shape index (κ2) is 3.22. The molecule has 62 valence electrons. The minimum atomic E-state index is 0.342. The SMILES string of the molecule is CCc1cc(C)nc(N)c1C#N. The highest BCUT2D eigenvalue weighted by Gasteiger charge is 2.05. The first kappa shape index (κ1) is 8.54. The van der Waals surface area contributed by atoms with Gasteiger partial charge in [0.25, 0.3) is 0 Å². The van der Waals surface area contributed by atoms with Crippen LogP contribution in [0.25, 0.3) is 0 Å². The number of nitrogens with zero attached hydrogens (tertiary/aromatic N) is 2. The Balaban J connectivity index is 3.36. The van der Waals surface area contributed by atoms with Gasteiger partial charge in [-0.15, -0.1) is 0 Å². The van der Waals surface area contributed by atoms with Gasteiger partial charge < -0.3 is 5.73 Å². The van der Waals surface area contributed by atoms with Crippen molar-refractivity contribution in [2.24, 2.45) is 0 Å². The quantitative estimate of drug-likeness (QED) is 0.677. The molecule has 0 unspecified atom stereocenters. The van der Waals surface area contributed by atoms with Crippen molar-refractivity contribution in [3.8, 4) is 6.07 Å². The van der Waals surface area contributed by atoms with Crippen LogP contribution >= 0.6 is 0 Å². The molecule has 0 amide bonds. The summed E-state index contributed by atoms with van der Waals surface area (Å²) in [5, 5.41) is 8.75. The maximum Gasteiger partial charge on any atom is 0.141 e. The first-order chi connectivity index (χ1) is 5.69. The summed E-state index contributed by atoms with van der Waals surface area (Å²) < 4.78 is 0. The van der Waals surface area contributed by atoms with E-state index in [1.807, 2.05) is 19.9 Å². The molecule has 1 aromatic heterocycles. The van der Waals surface area contributed by atoms with Crippen molar-refractivity contribution < 1.29 is 0 Å². The average molecular weight is 161 g/mol. The summed E-state index contributed by atoms with van der Waals surface area (Å²) in [5.74, 6) is 0.342. The van der Waals surface area contributed by atoms with Crippen LogP contribution in [0.3, 0.4) is 0 Å². The lowest BCUT2D eigenvalue weighted by atomic mass is 10.1. The molecule has 0 aliphatic carbocycles. The van der Waals surface area contributed by atoms with Gasteiger partial charge in [0.15, 0.2) is 0 Å². The lowest BCUT2D eigenvalue weighted by molar-refractivity contribution is 1.08. The zero-order valence-corrected chi connectivity index (χ0v) is 7.26. The Morgan fingerprint density at radius 3 is 2.83 bits per heavy atom. The van der Waals surface area contributed by atoms with Crippen molar-refractivity contribution in [3.05, 3.63) is 22.9 Å². The fraction of sp³-hybridized carbons (Fsp3) is 0.333. The Morgan fingerprint density at radius 2 is 2.33 bits per heavy atom. The Hall–Kier alpha value is -1.56. The van der Waals surface area contributed by atoms with Gasteiger partial charge in [-0.2, -0.15) is 5.26 Å². The number of rotatable bonds is 1. The molecule has 1 rings (SSSR count). The van der Waals surface area contributed by atoms with Crippen LogP contribution in [0.5, 0.6) is 0 Å². The van der Waals surface area contributed by atoms with Crippen molar-refractivity contribution in [1.82, 2.24) is 4.98 Å². The molecule has 0 saturated heterocycles. The lowest BCUT2D eigenvalue weighted by Gasteiger charge is -2.04. The van der Waals surface area contributed by atoms with E-state index in [0.29, 0.717) is 11.4 Å². The summed E-state index contributed by atoms with van der Waals surface area (Å²) in [4.78, 5) is 4.01. The van der Waals surface area contributed by atoms with Crippen LogP contribution in [-0.2, 0) is 6.42 Å². The number of aryl methyl sites for hydroxylation is 2. The molecule has 12 heavy (non-hydrogen) atoms. The second-order valence-corrected chi connectivity index (χ2v) is 2.65. The smallest absolute Gasteiger partial charge is 0.141 e. The molecule has 0 fully saturated rings. The summed E-state index contributed by atoms with van der Waals surface area (Å²) in [5.41, 5.74) is 7.93. The number of pyridine rings is 1. The highest BCUT2D eigenvalue weighted by Crippen LogP contribution is 2.15. The zero-order valence-electron chi connectivity index (χ0n) is 7.26. The first-order valence-corrected chi connectivity index (χ1v) is 3.85. The average Bonchev–Trinajstić information content (AvgIpc) is 2.03. The summed E-state index contributed by atoms with van der Waals surface area (Å²) in [6.45, 7) is 3.87. The van der Waals surface area contributed by atoms with Crippen LogP contribution < -0.4 is 5.73 Å². The van der Waals surface area contributed by atoms with E-state index in [0.717, 1.165) is 17.7 Å². The fourth-order valence-corrected chi connectivity index (χ4v) is 1.17. The van der Waals surface area contributed by atoms with E-state index >= 15 is 0 Å². The van der Waals surface area contributed by atoms with Gasteiger partial charge in [0.2, 0.25) is 0 Å². The first-order valence-electron chi connectivity index (χ1n) is 3.85. The Labute approximate surface area is 71.8 Å². The fourth-order valence-electron chi connectivity index (χ4n) is 1.17. The van der Waals surface area contributed by atoms with Crippen LogP contribution in [0.4, 0.5) is 5.82 Å². The van der Waals surface area contributed by atoms with E-state index in [4.69, 9.17) is 11.0 Å². The molecular formula is C9H11N3. The zero-order chi connectivity index (χ0) is 9.14. The molecule has 0 saturated carbocycles. The second-order valence-electron chi connectivity index (χ2n) is 2.65. The molecule has 1 aromatic rings. The van der Waals surface area contributed by atoms with Crippen molar-refractivity contribution in [2.45, 2.75) is 20.3 Å². The van der Waals surface area contributed by atoms with Crippen LogP contribution in [0.2, 0.25) is 0 Å².